The Balaban J connectivity index is 1.81. The molecule has 1 aliphatic rings. The van der Waals surface area contributed by atoms with Crippen LogP contribution in [-0.4, -0.2) is 46.2 Å². The first kappa shape index (κ1) is 20.0. The summed E-state index contributed by atoms with van der Waals surface area (Å²) in [6.45, 7) is 7.81. The van der Waals surface area contributed by atoms with E-state index < -0.39 is 10.0 Å². The zero-order chi connectivity index (χ0) is 19.3. The van der Waals surface area contributed by atoms with Gasteiger partial charge in [0.05, 0.1) is 24.2 Å². The number of morpholine rings is 1. The highest BCUT2D eigenvalue weighted by Gasteiger charge is 2.24. The lowest BCUT2D eigenvalue weighted by Crippen LogP contribution is -2.43. The number of benzene rings is 2. The molecule has 3 rings (SSSR count). The van der Waals surface area contributed by atoms with Gasteiger partial charge in [-0.15, -0.1) is 0 Å². The molecule has 2 aromatic rings. The van der Waals surface area contributed by atoms with Gasteiger partial charge in [-0.05, 0) is 29.2 Å². The third kappa shape index (κ3) is 5.39. The summed E-state index contributed by atoms with van der Waals surface area (Å²) in [7, 11) is -3.61. The highest BCUT2D eigenvalue weighted by molar-refractivity contribution is 7.89. The zero-order valence-electron chi connectivity index (χ0n) is 16.0. The van der Waals surface area contributed by atoms with E-state index in [9.17, 15) is 8.42 Å². The van der Waals surface area contributed by atoms with Gasteiger partial charge in [0.15, 0.2) is 0 Å². The summed E-state index contributed by atoms with van der Waals surface area (Å²) < 4.78 is 34.3. The summed E-state index contributed by atoms with van der Waals surface area (Å²) in [6, 6.07) is 16.6. The van der Waals surface area contributed by atoms with Crippen molar-refractivity contribution in [1.82, 2.24) is 9.62 Å². The first-order valence-electron chi connectivity index (χ1n) is 9.43. The van der Waals surface area contributed by atoms with Crippen molar-refractivity contribution in [2.24, 2.45) is 0 Å². The normalized spacial score (nSPS) is 17.1. The molecule has 1 heterocycles. The van der Waals surface area contributed by atoms with Crippen molar-refractivity contribution in [3.63, 3.8) is 0 Å². The molecule has 146 valence electrons. The first-order valence-corrected chi connectivity index (χ1v) is 10.9. The molecule has 1 atom stereocenters. The van der Waals surface area contributed by atoms with Crippen LogP contribution in [0.1, 0.15) is 36.9 Å². The number of hydrogen-bond donors (Lipinski definition) is 1. The van der Waals surface area contributed by atoms with Crippen molar-refractivity contribution in [2.45, 2.75) is 30.7 Å². The highest BCUT2D eigenvalue weighted by atomic mass is 32.2. The van der Waals surface area contributed by atoms with Gasteiger partial charge in [0.25, 0.3) is 0 Å². The van der Waals surface area contributed by atoms with Crippen LogP contribution in [-0.2, 0) is 14.8 Å². The molecule has 0 radical (unpaired) electrons. The molecule has 1 N–H and O–H groups in total. The molecule has 5 nitrogen and oxygen atoms in total. The summed E-state index contributed by atoms with van der Waals surface area (Å²) in [4.78, 5) is 2.54. The van der Waals surface area contributed by atoms with Crippen LogP contribution in [0, 0.1) is 0 Å². The van der Waals surface area contributed by atoms with Crippen LogP contribution in [0.2, 0.25) is 0 Å². The molecular formula is C21H28N2O3S. The molecule has 27 heavy (non-hydrogen) atoms. The van der Waals surface area contributed by atoms with Crippen LogP contribution in [0.25, 0.3) is 0 Å². The van der Waals surface area contributed by atoms with Gasteiger partial charge in [-0.1, -0.05) is 56.3 Å². The Morgan fingerprint density at radius 1 is 0.963 bits per heavy atom. The molecule has 0 amide bonds. The minimum Gasteiger partial charge on any atom is -0.379 e. The van der Waals surface area contributed by atoms with E-state index in [-0.39, 0.29) is 6.04 Å². The third-order valence-corrected chi connectivity index (χ3v) is 6.39. The van der Waals surface area contributed by atoms with Crippen LogP contribution in [0.4, 0.5) is 0 Å². The maximum Gasteiger partial charge on any atom is 0.241 e. The highest BCUT2D eigenvalue weighted by Crippen LogP contribution is 2.21. The summed E-state index contributed by atoms with van der Waals surface area (Å²) in [5.41, 5.74) is 2.09. The van der Waals surface area contributed by atoms with Crippen LogP contribution in [0.5, 0.6) is 0 Å². The Kier molecular flexibility index (Phi) is 6.65. The van der Waals surface area contributed by atoms with Crippen LogP contribution in [0.15, 0.2) is 59.5 Å². The molecule has 0 bridgehead atoms. The average Bonchev–Trinajstić information content (AvgIpc) is 2.69. The number of ether oxygens (including phenoxy) is 1. The smallest absolute Gasteiger partial charge is 0.241 e. The molecule has 1 saturated heterocycles. The SMILES string of the molecule is CC(C)c1ccc(S(=O)(=O)N[C@H](CN2CCOCC2)c2ccccc2)cc1. The van der Waals surface area contributed by atoms with Crippen LogP contribution in [0.3, 0.4) is 0 Å². The van der Waals surface area contributed by atoms with Gasteiger partial charge in [-0.25, -0.2) is 13.1 Å². The second-order valence-electron chi connectivity index (χ2n) is 7.22. The van der Waals surface area contributed by atoms with Crippen molar-refractivity contribution in [3.05, 3.63) is 65.7 Å². The molecule has 0 saturated carbocycles. The second-order valence-corrected chi connectivity index (χ2v) is 8.94. The lowest BCUT2D eigenvalue weighted by molar-refractivity contribution is 0.0345. The fourth-order valence-electron chi connectivity index (χ4n) is 3.23. The van der Waals surface area contributed by atoms with Crippen LogP contribution >= 0.6 is 0 Å². The third-order valence-electron chi connectivity index (χ3n) is 4.90. The van der Waals surface area contributed by atoms with Gasteiger partial charge in [0.2, 0.25) is 10.0 Å². The zero-order valence-corrected chi connectivity index (χ0v) is 16.8. The van der Waals surface area contributed by atoms with Gasteiger partial charge in [-0.3, -0.25) is 4.90 Å². The molecule has 0 spiro atoms. The summed E-state index contributed by atoms with van der Waals surface area (Å²) >= 11 is 0. The van der Waals surface area contributed by atoms with Crippen molar-refractivity contribution >= 4 is 10.0 Å². The standard InChI is InChI=1S/C21H28N2O3S/c1-17(2)18-8-10-20(11-9-18)27(24,25)22-21(19-6-4-3-5-7-19)16-23-12-14-26-15-13-23/h3-11,17,21-22H,12-16H2,1-2H3/t21-/m1/s1. The van der Waals surface area contributed by atoms with Gasteiger partial charge < -0.3 is 4.74 Å². The predicted octanol–water partition coefficient (Wildman–Crippen LogP) is 3.16. The summed E-state index contributed by atoms with van der Waals surface area (Å²) in [6.07, 6.45) is 0. The van der Waals surface area contributed by atoms with E-state index in [2.05, 4.69) is 23.5 Å². The molecule has 2 aromatic carbocycles. The fourth-order valence-corrected chi connectivity index (χ4v) is 4.44. The van der Waals surface area contributed by atoms with Gasteiger partial charge in [0.1, 0.15) is 0 Å². The van der Waals surface area contributed by atoms with Crippen LogP contribution < -0.4 is 4.72 Å². The molecule has 0 aliphatic carbocycles. The number of rotatable bonds is 7. The average molecular weight is 389 g/mol. The predicted molar refractivity (Wildman–Crippen MR) is 107 cm³/mol. The lowest BCUT2D eigenvalue weighted by atomic mass is 10.0. The Hall–Kier alpha value is -1.73. The maximum atomic E-state index is 13.0. The van der Waals surface area contributed by atoms with E-state index in [1.165, 1.54) is 0 Å². The quantitative estimate of drug-likeness (QED) is 0.792. The van der Waals surface area contributed by atoms with Crippen molar-refractivity contribution in [2.75, 3.05) is 32.8 Å². The molecule has 0 aromatic heterocycles. The topological polar surface area (TPSA) is 58.6 Å². The summed E-state index contributed by atoms with van der Waals surface area (Å²) in [5, 5.41) is 0. The number of nitrogens with one attached hydrogen (secondary N) is 1. The monoisotopic (exact) mass is 388 g/mol. The molecule has 1 aliphatic heterocycles. The fraction of sp³-hybridized carbons (Fsp3) is 0.429. The van der Waals surface area contributed by atoms with E-state index >= 15 is 0 Å². The van der Waals surface area contributed by atoms with E-state index in [0.717, 1.165) is 24.2 Å². The van der Waals surface area contributed by atoms with Crippen molar-refractivity contribution in [3.8, 4) is 0 Å². The van der Waals surface area contributed by atoms with Gasteiger partial charge in [0, 0.05) is 19.6 Å². The van der Waals surface area contributed by atoms with Crippen molar-refractivity contribution in [1.29, 1.82) is 0 Å². The van der Waals surface area contributed by atoms with E-state index in [1.807, 2.05) is 42.5 Å². The number of nitrogens with zero attached hydrogens (tertiary/aromatic N) is 1. The molecule has 6 heteroatoms. The van der Waals surface area contributed by atoms with Crippen molar-refractivity contribution < 1.29 is 13.2 Å². The summed E-state index contributed by atoms with van der Waals surface area (Å²) in [5.74, 6) is 0.369. The van der Waals surface area contributed by atoms with Gasteiger partial charge >= 0.3 is 0 Å². The van der Waals surface area contributed by atoms with E-state index in [0.29, 0.717) is 30.6 Å². The Labute approximate surface area is 162 Å². The second kappa shape index (κ2) is 8.97. The largest absolute Gasteiger partial charge is 0.379 e. The Bertz CT molecular complexity index is 814. The molecular weight excluding hydrogens is 360 g/mol. The Morgan fingerprint density at radius 3 is 2.19 bits per heavy atom. The minimum atomic E-state index is -3.61. The Morgan fingerprint density at radius 2 is 1.59 bits per heavy atom. The maximum absolute atomic E-state index is 13.0. The molecule has 1 fully saturated rings. The van der Waals surface area contributed by atoms with E-state index in [1.54, 1.807) is 12.1 Å². The molecule has 0 unspecified atom stereocenters. The van der Waals surface area contributed by atoms with Gasteiger partial charge in [-0.2, -0.15) is 0 Å². The number of hydrogen-bond acceptors (Lipinski definition) is 4. The lowest BCUT2D eigenvalue weighted by Gasteiger charge is -2.31. The first-order chi connectivity index (χ1) is 13.0. The van der Waals surface area contributed by atoms with E-state index in [4.69, 9.17) is 4.74 Å². The number of sulfonamides is 1. The minimum absolute atomic E-state index is 0.301.